The Morgan fingerprint density at radius 2 is 1.38 bits per heavy atom. The third-order valence-corrected chi connectivity index (χ3v) is 4.46. The van der Waals surface area contributed by atoms with Crippen molar-refractivity contribution in [3.8, 4) is 11.5 Å². The molecule has 29 heavy (non-hydrogen) atoms. The predicted molar refractivity (Wildman–Crippen MR) is 115 cm³/mol. The van der Waals surface area contributed by atoms with Crippen molar-refractivity contribution in [2.75, 3.05) is 6.61 Å². The van der Waals surface area contributed by atoms with Gasteiger partial charge in [-0.1, -0.05) is 64.0 Å². The number of esters is 2. The Kier molecular flexibility index (Phi) is 13.6. The van der Waals surface area contributed by atoms with Crippen LogP contribution in [0.25, 0.3) is 0 Å². The van der Waals surface area contributed by atoms with Gasteiger partial charge in [0, 0.05) is 12.8 Å². The van der Waals surface area contributed by atoms with Gasteiger partial charge in [0.15, 0.2) is 11.5 Å². The largest absolute Gasteiger partial charge is 0.487 e. The minimum atomic E-state index is -0.374. The molecule has 1 aromatic carbocycles. The monoisotopic (exact) mass is 406 g/mol. The number of rotatable bonds is 16. The molecule has 0 bridgehead atoms. The molecule has 5 nitrogen and oxygen atoms in total. The van der Waals surface area contributed by atoms with Crippen molar-refractivity contribution in [3.05, 3.63) is 24.3 Å². The van der Waals surface area contributed by atoms with Crippen LogP contribution in [0, 0.1) is 0 Å². The van der Waals surface area contributed by atoms with Crippen LogP contribution >= 0.6 is 0 Å². The number of hydrogen-bond donors (Lipinski definition) is 0. The summed E-state index contributed by atoms with van der Waals surface area (Å²) in [5.74, 6) is 0.328. The molecular weight excluding hydrogens is 368 g/mol. The smallest absolute Gasteiger partial charge is 0.311 e. The van der Waals surface area contributed by atoms with Gasteiger partial charge in [0.05, 0.1) is 12.7 Å². The van der Waals surface area contributed by atoms with E-state index in [1.54, 1.807) is 18.2 Å². The highest BCUT2D eigenvalue weighted by Gasteiger charge is 2.12. The number of carbonyl (C=O) groups is 2. The summed E-state index contributed by atoms with van der Waals surface area (Å²) in [6.45, 7) is 6.52. The van der Waals surface area contributed by atoms with Crippen LogP contribution < -0.4 is 9.47 Å². The van der Waals surface area contributed by atoms with Crippen molar-refractivity contribution < 1.29 is 23.8 Å². The molecule has 0 amide bonds. The number of ether oxygens (including phenoxy) is 3. The lowest BCUT2D eigenvalue weighted by atomic mass is 10.1. The molecule has 5 heteroatoms. The van der Waals surface area contributed by atoms with Crippen LogP contribution in [0.3, 0.4) is 0 Å². The average Bonchev–Trinajstić information content (AvgIpc) is 2.68. The van der Waals surface area contributed by atoms with Crippen LogP contribution in [0.5, 0.6) is 11.5 Å². The molecule has 0 heterocycles. The molecule has 0 aliphatic heterocycles. The molecule has 0 saturated carbocycles. The Morgan fingerprint density at radius 1 is 0.793 bits per heavy atom. The average molecular weight is 407 g/mol. The van der Waals surface area contributed by atoms with E-state index >= 15 is 0 Å². The van der Waals surface area contributed by atoms with Gasteiger partial charge in [-0.15, -0.1) is 0 Å². The first kappa shape index (κ1) is 25.0. The van der Waals surface area contributed by atoms with Gasteiger partial charge in [0.25, 0.3) is 0 Å². The van der Waals surface area contributed by atoms with E-state index in [0.717, 1.165) is 12.8 Å². The molecule has 0 atom stereocenters. The van der Waals surface area contributed by atoms with Crippen LogP contribution in [0.2, 0.25) is 0 Å². The molecule has 1 rings (SSSR count). The summed E-state index contributed by atoms with van der Waals surface area (Å²) >= 11 is 0. The zero-order valence-corrected chi connectivity index (χ0v) is 18.4. The van der Waals surface area contributed by atoms with E-state index in [2.05, 4.69) is 6.92 Å². The van der Waals surface area contributed by atoms with Crippen molar-refractivity contribution in [1.29, 1.82) is 0 Å². The summed E-state index contributed by atoms with van der Waals surface area (Å²) in [5, 5.41) is 0. The second-order valence-electron chi connectivity index (χ2n) is 7.64. The number of unbranched alkanes of at least 4 members (excludes halogenated alkanes) is 7. The Morgan fingerprint density at radius 3 is 2.03 bits per heavy atom. The molecule has 0 unspecified atom stereocenters. The van der Waals surface area contributed by atoms with Gasteiger partial charge < -0.3 is 14.2 Å². The number of hydrogen-bond acceptors (Lipinski definition) is 5. The van der Waals surface area contributed by atoms with Crippen LogP contribution in [0.15, 0.2) is 24.3 Å². The number of para-hydroxylation sites is 2. The van der Waals surface area contributed by atoms with Crippen molar-refractivity contribution in [2.45, 2.75) is 97.5 Å². The topological polar surface area (TPSA) is 61.8 Å². The maximum Gasteiger partial charge on any atom is 0.311 e. The summed E-state index contributed by atoms with van der Waals surface area (Å²) in [5.41, 5.74) is 0. The summed E-state index contributed by atoms with van der Waals surface area (Å²) in [7, 11) is 0. The minimum absolute atomic E-state index is 0.00863. The first-order chi connectivity index (χ1) is 14.0. The van der Waals surface area contributed by atoms with E-state index in [4.69, 9.17) is 14.2 Å². The van der Waals surface area contributed by atoms with Crippen molar-refractivity contribution in [2.24, 2.45) is 0 Å². The number of benzene rings is 1. The molecule has 0 radical (unpaired) electrons. The summed E-state index contributed by atoms with van der Waals surface area (Å²) in [6.07, 6.45) is 10.5. The molecule has 0 spiro atoms. The third-order valence-electron chi connectivity index (χ3n) is 4.46. The van der Waals surface area contributed by atoms with E-state index in [1.165, 1.54) is 38.5 Å². The Balaban J connectivity index is 2.10. The van der Waals surface area contributed by atoms with Gasteiger partial charge in [-0.05, 0) is 38.8 Å². The highest BCUT2D eigenvalue weighted by Crippen LogP contribution is 2.27. The van der Waals surface area contributed by atoms with Crippen LogP contribution in [-0.4, -0.2) is 24.6 Å². The number of carbonyl (C=O) groups excluding carboxylic acids is 2. The third kappa shape index (κ3) is 12.9. The van der Waals surface area contributed by atoms with E-state index in [-0.39, 0.29) is 30.9 Å². The molecule has 164 valence electrons. The standard InChI is InChI=1S/C24H38O5/c1-4-5-6-7-8-9-10-13-19-27-23(25)17-14-18-24(26)29-22-16-12-11-15-21(22)28-20(2)3/h11-12,15-16,20H,4-10,13-14,17-19H2,1-3H3. The zero-order valence-electron chi connectivity index (χ0n) is 18.4. The molecule has 0 aromatic heterocycles. The highest BCUT2D eigenvalue weighted by atomic mass is 16.6. The Labute approximate surface area is 176 Å². The van der Waals surface area contributed by atoms with Gasteiger partial charge >= 0.3 is 11.9 Å². The SMILES string of the molecule is CCCCCCCCCCOC(=O)CCCC(=O)Oc1ccccc1OC(C)C. The fourth-order valence-electron chi connectivity index (χ4n) is 2.93. The van der Waals surface area contributed by atoms with Gasteiger partial charge in [0.2, 0.25) is 0 Å². The second-order valence-corrected chi connectivity index (χ2v) is 7.64. The first-order valence-electron chi connectivity index (χ1n) is 11.1. The molecule has 1 aromatic rings. The lowest BCUT2D eigenvalue weighted by Gasteiger charge is -2.13. The van der Waals surface area contributed by atoms with Crippen molar-refractivity contribution in [3.63, 3.8) is 0 Å². The summed E-state index contributed by atoms with van der Waals surface area (Å²) < 4.78 is 16.2. The Bertz CT molecular complexity index is 582. The fourth-order valence-corrected chi connectivity index (χ4v) is 2.93. The molecule has 0 fully saturated rings. The fraction of sp³-hybridized carbons (Fsp3) is 0.667. The maximum absolute atomic E-state index is 12.0. The predicted octanol–water partition coefficient (Wildman–Crippen LogP) is 6.23. The van der Waals surface area contributed by atoms with Gasteiger partial charge in [-0.2, -0.15) is 0 Å². The van der Waals surface area contributed by atoms with E-state index in [9.17, 15) is 9.59 Å². The zero-order chi connectivity index (χ0) is 21.3. The lowest BCUT2D eigenvalue weighted by molar-refractivity contribution is -0.144. The van der Waals surface area contributed by atoms with Crippen molar-refractivity contribution >= 4 is 11.9 Å². The van der Waals surface area contributed by atoms with Crippen LogP contribution in [-0.2, 0) is 14.3 Å². The summed E-state index contributed by atoms with van der Waals surface area (Å²) in [6, 6.07) is 7.09. The lowest BCUT2D eigenvalue weighted by Crippen LogP contribution is -2.12. The van der Waals surface area contributed by atoms with Crippen LogP contribution in [0.4, 0.5) is 0 Å². The maximum atomic E-state index is 12.0. The molecular formula is C24H38O5. The molecule has 0 aliphatic carbocycles. The van der Waals surface area contributed by atoms with Crippen LogP contribution in [0.1, 0.15) is 91.4 Å². The van der Waals surface area contributed by atoms with Crippen molar-refractivity contribution in [1.82, 2.24) is 0 Å². The van der Waals surface area contributed by atoms with E-state index in [1.807, 2.05) is 19.9 Å². The van der Waals surface area contributed by atoms with Gasteiger partial charge in [0.1, 0.15) is 0 Å². The van der Waals surface area contributed by atoms with E-state index in [0.29, 0.717) is 24.5 Å². The summed E-state index contributed by atoms with van der Waals surface area (Å²) in [4.78, 5) is 23.8. The molecule has 0 N–H and O–H groups in total. The highest BCUT2D eigenvalue weighted by molar-refractivity contribution is 5.74. The van der Waals surface area contributed by atoms with Gasteiger partial charge in [-0.25, -0.2) is 0 Å². The molecule has 0 saturated heterocycles. The molecule has 0 aliphatic rings. The minimum Gasteiger partial charge on any atom is -0.487 e. The second kappa shape index (κ2) is 15.8. The first-order valence-corrected chi connectivity index (χ1v) is 11.1. The quantitative estimate of drug-likeness (QED) is 0.185. The normalized spacial score (nSPS) is 10.8. The van der Waals surface area contributed by atoms with Gasteiger partial charge in [-0.3, -0.25) is 9.59 Å². The Hall–Kier alpha value is -2.04. The van der Waals surface area contributed by atoms with E-state index < -0.39 is 0 Å².